The molecule has 0 radical (unpaired) electrons. The third-order valence-electron chi connectivity index (χ3n) is 10.9. The van der Waals surface area contributed by atoms with E-state index in [0.29, 0.717) is 0 Å². The van der Waals surface area contributed by atoms with Gasteiger partial charge in [0.05, 0.1) is 22.6 Å². The fraction of sp³-hybridized carbons (Fsp3) is 0.500. The Balaban J connectivity index is 1.74. The van der Waals surface area contributed by atoms with Gasteiger partial charge in [-0.2, -0.15) is 0 Å². The maximum atomic E-state index is 14.5. The summed E-state index contributed by atoms with van der Waals surface area (Å²) in [4.78, 5) is 54.2. The van der Waals surface area contributed by atoms with Crippen molar-refractivity contribution in [2.24, 2.45) is 28.1 Å². The maximum Gasteiger partial charge on any atom is 0.338 e. The number of fused-ring (bicyclic) bond motifs is 3. The highest BCUT2D eigenvalue weighted by atomic mass is 16.6. The Hall–Kier alpha value is -3.86. The summed E-state index contributed by atoms with van der Waals surface area (Å²) in [6.07, 6.45) is -6.07. The minimum Gasteiger partial charge on any atom is -0.459 e. The number of hydrogen-bond donors (Lipinski definition) is 3. The third kappa shape index (κ3) is 5.07. The first-order valence-corrected chi connectivity index (χ1v) is 15.5. The molecule has 0 amide bonds. The molecular formula is C36H42O10. The monoisotopic (exact) mass is 634 g/mol. The lowest BCUT2D eigenvalue weighted by atomic mass is 9.39. The van der Waals surface area contributed by atoms with E-state index >= 15 is 0 Å². The van der Waals surface area contributed by atoms with Crippen molar-refractivity contribution in [2.45, 2.75) is 83.6 Å². The predicted molar refractivity (Wildman–Crippen MR) is 165 cm³/mol. The summed E-state index contributed by atoms with van der Waals surface area (Å²) in [5, 5.41) is 36.0. The Kier molecular flexibility index (Phi) is 8.55. The molecule has 0 heterocycles. The number of aliphatic hydroxyl groups is 3. The van der Waals surface area contributed by atoms with E-state index in [1.807, 2.05) is 0 Å². The second-order valence-electron chi connectivity index (χ2n) is 14.0. The highest BCUT2D eigenvalue weighted by molar-refractivity contribution is 5.97. The number of rotatable bonds is 6. The zero-order chi connectivity index (χ0) is 33.8. The molecule has 10 atom stereocenters. The second kappa shape index (κ2) is 11.7. The average Bonchev–Trinajstić information content (AvgIpc) is 3.02. The summed E-state index contributed by atoms with van der Waals surface area (Å²) >= 11 is 0. The van der Waals surface area contributed by atoms with E-state index in [-0.39, 0.29) is 24.0 Å². The van der Waals surface area contributed by atoms with Gasteiger partial charge in [0.2, 0.25) is 0 Å². The fourth-order valence-corrected chi connectivity index (χ4v) is 8.61. The minimum absolute atomic E-state index is 0.103. The number of esters is 3. The van der Waals surface area contributed by atoms with Crippen LogP contribution < -0.4 is 0 Å². The number of benzene rings is 2. The molecule has 3 saturated carbocycles. The van der Waals surface area contributed by atoms with Gasteiger partial charge < -0.3 is 29.5 Å². The molecule has 3 aliphatic carbocycles. The van der Waals surface area contributed by atoms with Crippen LogP contribution in [0.2, 0.25) is 0 Å². The van der Waals surface area contributed by atoms with E-state index in [2.05, 4.69) is 6.58 Å². The molecule has 10 unspecified atom stereocenters. The largest absolute Gasteiger partial charge is 0.459 e. The topological polar surface area (TPSA) is 157 Å². The van der Waals surface area contributed by atoms with Crippen LogP contribution in [0.25, 0.3) is 0 Å². The Bertz CT molecular complexity index is 1520. The van der Waals surface area contributed by atoms with E-state index in [4.69, 9.17) is 14.2 Å². The molecule has 3 N–H and O–H groups in total. The van der Waals surface area contributed by atoms with E-state index in [1.54, 1.807) is 76.2 Å². The van der Waals surface area contributed by atoms with Gasteiger partial charge in [0.15, 0.2) is 11.4 Å². The lowest BCUT2D eigenvalue weighted by molar-refractivity contribution is -0.312. The van der Waals surface area contributed by atoms with Crippen LogP contribution in [0.5, 0.6) is 0 Å². The van der Waals surface area contributed by atoms with E-state index in [1.165, 1.54) is 18.2 Å². The molecule has 0 saturated heterocycles. The number of Topliss-reactive ketones (excluding diaryl/α,β-unsaturated/α-hetero) is 1. The van der Waals surface area contributed by atoms with Crippen molar-refractivity contribution in [1.29, 1.82) is 0 Å². The van der Waals surface area contributed by atoms with Crippen LogP contribution in [0.3, 0.4) is 0 Å². The number of allylic oxidation sites excluding steroid dienone is 1. The zero-order valence-corrected chi connectivity index (χ0v) is 26.7. The Morgan fingerprint density at radius 1 is 0.870 bits per heavy atom. The third-order valence-corrected chi connectivity index (χ3v) is 10.9. The van der Waals surface area contributed by atoms with Crippen molar-refractivity contribution >= 4 is 23.7 Å². The summed E-state index contributed by atoms with van der Waals surface area (Å²) in [6.45, 7) is 11.7. The van der Waals surface area contributed by atoms with Gasteiger partial charge in [-0.25, -0.2) is 9.59 Å². The quantitative estimate of drug-likeness (QED) is 0.243. The lowest BCUT2D eigenvalue weighted by Crippen LogP contribution is -2.80. The van der Waals surface area contributed by atoms with Crippen LogP contribution in [0.15, 0.2) is 73.3 Å². The zero-order valence-electron chi connectivity index (χ0n) is 26.7. The molecular weight excluding hydrogens is 592 g/mol. The fourth-order valence-electron chi connectivity index (χ4n) is 8.61. The average molecular weight is 635 g/mol. The van der Waals surface area contributed by atoms with Crippen molar-refractivity contribution in [3.8, 4) is 0 Å². The summed E-state index contributed by atoms with van der Waals surface area (Å²) < 4.78 is 17.9. The molecule has 0 bridgehead atoms. The number of aliphatic hydroxyl groups excluding tert-OH is 2. The van der Waals surface area contributed by atoms with Crippen molar-refractivity contribution in [2.75, 3.05) is 0 Å². The molecule has 0 aliphatic heterocycles. The Labute approximate surface area is 268 Å². The van der Waals surface area contributed by atoms with Crippen LogP contribution in [0.4, 0.5) is 0 Å². The normalized spacial score (nSPS) is 38.0. The summed E-state index contributed by atoms with van der Waals surface area (Å²) in [5.41, 5.74) is -6.13. The number of hydrogen-bond acceptors (Lipinski definition) is 10. The van der Waals surface area contributed by atoms with Crippen molar-refractivity contribution in [3.63, 3.8) is 0 Å². The lowest BCUT2D eigenvalue weighted by Gasteiger charge is -2.68. The minimum atomic E-state index is -2.48. The Morgan fingerprint density at radius 3 is 1.89 bits per heavy atom. The molecule has 10 heteroatoms. The molecule has 0 spiro atoms. The predicted octanol–water partition coefficient (Wildman–Crippen LogP) is 3.67. The van der Waals surface area contributed by atoms with Crippen LogP contribution >= 0.6 is 0 Å². The molecule has 0 aromatic heterocycles. The van der Waals surface area contributed by atoms with Crippen LogP contribution in [-0.4, -0.2) is 75.1 Å². The van der Waals surface area contributed by atoms with Crippen molar-refractivity contribution in [1.82, 2.24) is 0 Å². The number of carbonyl (C=O) groups excluding carboxylic acids is 4. The first-order chi connectivity index (χ1) is 21.5. The first kappa shape index (κ1) is 33.5. The molecule has 246 valence electrons. The van der Waals surface area contributed by atoms with Gasteiger partial charge in [0.1, 0.15) is 24.4 Å². The molecule has 2 aromatic rings. The van der Waals surface area contributed by atoms with Gasteiger partial charge in [0, 0.05) is 24.7 Å². The number of carbonyl (C=O) groups is 4. The standard InChI is InChI=1S/C36H42O10/c1-7-34(5)19-23(45-30(40)21-14-10-8-11-15-21)27-35(6)24(18-25(44-20(2)37)36(27,43)32(34)42)33(3,4)28(39)26(38)29(35)46-31(41)22-16-12-9-13-17-22/h7-17,23-29,38-39,43H,1,18-19H2,2-6H3. The van der Waals surface area contributed by atoms with Crippen LogP contribution in [0.1, 0.15) is 68.2 Å². The molecule has 46 heavy (non-hydrogen) atoms. The van der Waals surface area contributed by atoms with Gasteiger partial charge in [-0.15, -0.1) is 6.58 Å². The highest BCUT2D eigenvalue weighted by Gasteiger charge is 2.78. The van der Waals surface area contributed by atoms with Crippen molar-refractivity contribution in [3.05, 3.63) is 84.4 Å². The van der Waals surface area contributed by atoms with Gasteiger partial charge in [-0.05, 0) is 48.9 Å². The molecule has 3 fully saturated rings. The summed E-state index contributed by atoms with van der Waals surface area (Å²) in [6, 6.07) is 16.3. The molecule has 10 nitrogen and oxygen atoms in total. The van der Waals surface area contributed by atoms with Crippen LogP contribution in [-0.2, 0) is 23.8 Å². The van der Waals surface area contributed by atoms with Crippen LogP contribution in [0, 0.1) is 28.1 Å². The second-order valence-corrected chi connectivity index (χ2v) is 14.0. The van der Waals surface area contributed by atoms with Gasteiger partial charge in [-0.1, -0.05) is 63.2 Å². The maximum absolute atomic E-state index is 14.5. The number of ether oxygens (including phenoxy) is 3. The summed E-state index contributed by atoms with van der Waals surface area (Å²) in [5.74, 6) is -5.08. The molecule has 3 aliphatic rings. The highest BCUT2D eigenvalue weighted by Crippen LogP contribution is 2.67. The van der Waals surface area contributed by atoms with Gasteiger partial charge >= 0.3 is 17.9 Å². The van der Waals surface area contributed by atoms with Gasteiger partial charge in [0.25, 0.3) is 0 Å². The van der Waals surface area contributed by atoms with Gasteiger partial charge in [-0.3, -0.25) is 9.59 Å². The van der Waals surface area contributed by atoms with Crippen molar-refractivity contribution < 1.29 is 48.7 Å². The summed E-state index contributed by atoms with van der Waals surface area (Å²) in [7, 11) is 0. The van der Waals surface area contributed by atoms with E-state index < -0.39 is 87.9 Å². The Morgan fingerprint density at radius 2 is 1.39 bits per heavy atom. The smallest absolute Gasteiger partial charge is 0.338 e. The SMILES string of the molecule is C=CC1(C)CC(OC(=O)c2ccccc2)C2C(O)(C1=O)C(OC(C)=O)CC1C(C)(C)C(O)C(O)C(OC(=O)c3ccccc3)C12C. The molecule has 2 aromatic carbocycles. The molecule has 5 rings (SSSR count). The van der Waals surface area contributed by atoms with E-state index in [0.717, 1.165) is 6.92 Å². The first-order valence-electron chi connectivity index (χ1n) is 15.5. The number of ketones is 1. The van der Waals surface area contributed by atoms with E-state index in [9.17, 15) is 34.5 Å².